The average Bonchev–Trinajstić information content (AvgIpc) is 2.83. The maximum Gasteiger partial charge on any atom is 0.407 e. The lowest BCUT2D eigenvalue weighted by Gasteiger charge is -2.19. The van der Waals surface area contributed by atoms with Crippen molar-refractivity contribution in [3.05, 3.63) is 0 Å². The van der Waals surface area contributed by atoms with Gasteiger partial charge in [-0.25, -0.2) is 4.79 Å². The molecular formula is C15H23NO2. The van der Waals surface area contributed by atoms with Crippen LogP contribution in [-0.4, -0.2) is 18.2 Å². The third-order valence-electron chi connectivity index (χ3n) is 3.72. The first-order chi connectivity index (χ1) is 8.47. The Morgan fingerprint density at radius 3 is 2.28 bits per heavy atom. The number of ether oxygens (including phenoxy) is 1. The number of carbonyl (C=O) groups excluding carboxylic acids is 1. The summed E-state index contributed by atoms with van der Waals surface area (Å²) in [6, 6.07) is 0. The maximum absolute atomic E-state index is 11.6. The van der Waals surface area contributed by atoms with Crippen LogP contribution in [0.4, 0.5) is 4.79 Å². The van der Waals surface area contributed by atoms with Gasteiger partial charge >= 0.3 is 6.09 Å². The van der Waals surface area contributed by atoms with Crippen molar-refractivity contribution in [2.75, 3.05) is 6.61 Å². The summed E-state index contributed by atoms with van der Waals surface area (Å²) in [4.78, 5) is 11.6. The first-order valence-corrected chi connectivity index (χ1v) is 6.88. The molecule has 3 nitrogen and oxygen atoms in total. The van der Waals surface area contributed by atoms with Crippen LogP contribution >= 0.6 is 0 Å². The van der Waals surface area contributed by atoms with E-state index >= 15 is 0 Å². The largest absolute Gasteiger partial charge is 0.449 e. The highest BCUT2D eigenvalue weighted by atomic mass is 16.5. The maximum atomic E-state index is 11.6. The molecule has 3 heteroatoms. The van der Waals surface area contributed by atoms with E-state index in [1.54, 1.807) is 0 Å². The molecule has 2 aliphatic carbocycles. The third kappa shape index (κ3) is 3.66. The Kier molecular flexibility index (Phi) is 3.85. The fraction of sp³-hybridized carbons (Fsp3) is 0.800. The lowest BCUT2D eigenvalue weighted by molar-refractivity contribution is 0.129. The molecule has 2 atom stereocenters. The number of rotatable bonds is 2. The normalized spacial score (nSPS) is 30.1. The van der Waals surface area contributed by atoms with Crippen molar-refractivity contribution in [2.24, 2.45) is 17.8 Å². The molecular weight excluding hydrogens is 226 g/mol. The van der Waals surface area contributed by atoms with E-state index in [-0.39, 0.29) is 11.6 Å². The molecule has 2 rings (SSSR count). The van der Waals surface area contributed by atoms with E-state index in [2.05, 4.69) is 17.2 Å². The van der Waals surface area contributed by atoms with Gasteiger partial charge in [0.1, 0.15) is 0 Å². The van der Waals surface area contributed by atoms with Gasteiger partial charge < -0.3 is 10.1 Å². The molecule has 0 heterocycles. The first-order valence-electron chi connectivity index (χ1n) is 6.88. The number of alkyl carbamates (subject to hydrolysis) is 1. The highest BCUT2D eigenvalue weighted by Crippen LogP contribution is 2.52. The van der Waals surface area contributed by atoms with Gasteiger partial charge in [-0.2, -0.15) is 0 Å². The van der Waals surface area contributed by atoms with Gasteiger partial charge in [0.2, 0.25) is 0 Å². The minimum absolute atomic E-state index is 0.226. The fourth-order valence-corrected chi connectivity index (χ4v) is 2.80. The Balaban J connectivity index is 1.71. The second-order valence-electron chi connectivity index (χ2n) is 6.40. The number of nitrogens with one attached hydrogen (secondary N) is 1. The number of hydrogen-bond acceptors (Lipinski definition) is 2. The van der Waals surface area contributed by atoms with Crippen LogP contribution in [0.15, 0.2) is 0 Å². The zero-order valence-corrected chi connectivity index (χ0v) is 11.6. The van der Waals surface area contributed by atoms with Gasteiger partial charge in [0, 0.05) is 18.4 Å². The standard InChI is InChI=1S/C15H23NO2/c1-15(2,3)16-14(17)18-10-13-11-8-6-4-5-7-9-12(11)13/h11-13H,6-10H2,1-3H3,(H,16,17). The molecule has 0 aliphatic heterocycles. The van der Waals surface area contributed by atoms with Crippen LogP contribution in [0, 0.1) is 29.6 Å². The van der Waals surface area contributed by atoms with Gasteiger partial charge in [-0.1, -0.05) is 0 Å². The van der Waals surface area contributed by atoms with Crippen molar-refractivity contribution < 1.29 is 9.53 Å². The molecule has 1 amide bonds. The summed E-state index contributed by atoms with van der Waals surface area (Å²) in [7, 11) is 0. The quantitative estimate of drug-likeness (QED) is 0.764. The molecule has 1 saturated carbocycles. The van der Waals surface area contributed by atoms with Gasteiger partial charge in [0.25, 0.3) is 0 Å². The second-order valence-corrected chi connectivity index (χ2v) is 6.40. The number of fused-ring (bicyclic) bond motifs is 1. The Bertz CT molecular complexity index is 354. The zero-order valence-electron chi connectivity index (χ0n) is 11.6. The van der Waals surface area contributed by atoms with E-state index in [1.807, 2.05) is 20.8 Å². The monoisotopic (exact) mass is 249 g/mol. The predicted octanol–water partition coefficient (Wildman–Crippen LogP) is 2.95. The summed E-state index contributed by atoms with van der Waals surface area (Å²) < 4.78 is 5.32. The first kappa shape index (κ1) is 13.3. The molecule has 0 saturated heterocycles. The van der Waals surface area contributed by atoms with E-state index in [9.17, 15) is 4.79 Å². The van der Waals surface area contributed by atoms with Crippen LogP contribution in [0.1, 0.15) is 46.5 Å². The number of carbonyl (C=O) groups is 1. The summed E-state index contributed by atoms with van der Waals surface area (Å²) >= 11 is 0. The molecule has 0 aromatic rings. The molecule has 0 aromatic heterocycles. The molecule has 0 bridgehead atoms. The minimum Gasteiger partial charge on any atom is -0.449 e. The molecule has 2 unspecified atom stereocenters. The average molecular weight is 249 g/mol. The van der Waals surface area contributed by atoms with Crippen molar-refractivity contribution in [3.8, 4) is 11.8 Å². The van der Waals surface area contributed by atoms with Crippen LogP contribution in [-0.2, 0) is 4.74 Å². The third-order valence-corrected chi connectivity index (χ3v) is 3.72. The van der Waals surface area contributed by atoms with Crippen molar-refractivity contribution in [3.63, 3.8) is 0 Å². The zero-order chi connectivity index (χ0) is 13.2. The van der Waals surface area contributed by atoms with Gasteiger partial charge in [0.05, 0.1) is 6.61 Å². The van der Waals surface area contributed by atoms with Crippen molar-refractivity contribution >= 4 is 6.09 Å². The Hall–Kier alpha value is -1.17. The van der Waals surface area contributed by atoms with Gasteiger partial charge in [-0.3, -0.25) is 0 Å². The lowest BCUT2D eigenvalue weighted by Crippen LogP contribution is -2.41. The highest BCUT2D eigenvalue weighted by molar-refractivity contribution is 5.68. The van der Waals surface area contributed by atoms with E-state index in [0.717, 1.165) is 24.7 Å². The van der Waals surface area contributed by atoms with Crippen molar-refractivity contribution in [2.45, 2.75) is 52.0 Å². The van der Waals surface area contributed by atoms with Crippen LogP contribution in [0.5, 0.6) is 0 Å². The minimum atomic E-state index is -0.293. The SMILES string of the molecule is CC(C)(C)NC(=O)OCC1C2CCC#CCCC21. The topological polar surface area (TPSA) is 38.3 Å². The van der Waals surface area contributed by atoms with Gasteiger partial charge in [0.15, 0.2) is 0 Å². The highest BCUT2D eigenvalue weighted by Gasteiger charge is 2.49. The summed E-state index contributed by atoms with van der Waals surface area (Å²) in [5.41, 5.74) is -0.226. The summed E-state index contributed by atoms with van der Waals surface area (Å²) in [5.74, 6) is 8.42. The summed E-state index contributed by atoms with van der Waals surface area (Å²) in [5, 5.41) is 2.82. The van der Waals surface area contributed by atoms with Crippen LogP contribution in [0.3, 0.4) is 0 Å². The molecule has 0 aromatic carbocycles. The smallest absolute Gasteiger partial charge is 0.407 e. The molecule has 1 N–H and O–H groups in total. The number of hydrogen-bond donors (Lipinski definition) is 1. The van der Waals surface area contributed by atoms with Gasteiger partial charge in [-0.05, 0) is 51.4 Å². The molecule has 1 fully saturated rings. The fourth-order valence-electron chi connectivity index (χ4n) is 2.80. The molecule has 0 spiro atoms. The Morgan fingerprint density at radius 1 is 1.22 bits per heavy atom. The van der Waals surface area contributed by atoms with E-state index in [1.165, 1.54) is 12.8 Å². The lowest BCUT2D eigenvalue weighted by atomic mass is 10.1. The Labute approximate surface area is 110 Å². The van der Waals surface area contributed by atoms with Crippen LogP contribution in [0.2, 0.25) is 0 Å². The predicted molar refractivity (Wildman–Crippen MR) is 71.0 cm³/mol. The van der Waals surface area contributed by atoms with Crippen LogP contribution < -0.4 is 5.32 Å². The Morgan fingerprint density at radius 2 is 1.78 bits per heavy atom. The summed E-state index contributed by atoms with van der Waals surface area (Å²) in [6.07, 6.45) is 4.06. The van der Waals surface area contributed by atoms with Crippen LogP contribution in [0.25, 0.3) is 0 Å². The molecule has 2 aliphatic rings. The molecule has 100 valence electrons. The van der Waals surface area contributed by atoms with Crippen molar-refractivity contribution in [1.29, 1.82) is 0 Å². The second kappa shape index (κ2) is 5.22. The van der Waals surface area contributed by atoms with Gasteiger partial charge in [-0.15, -0.1) is 11.8 Å². The van der Waals surface area contributed by atoms with E-state index in [0.29, 0.717) is 12.5 Å². The van der Waals surface area contributed by atoms with E-state index in [4.69, 9.17) is 4.74 Å². The van der Waals surface area contributed by atoms with E-state index < -0.39 is 0 Å². The molecule has 0 radical (unpaired) electrons. The van der Waals surface area contributed by atoms with Crippen molar-refractivity contribution in [1.82, 2.24) is 5.32 Å². The molecule has 18 heavy (non-hydrogen) atoms. The number of amides is 1. The summed E-state index contributed by atoms with van der Waals surface area (Å²) in [6.45, 7) is 6.43.